The quantitative estimate of drug-likeness (QED) is 0.475. The summed E-state index contributed by atoms with van der Waals surface area (Å²) in [6, 6.07) is 6.31. The van der Waals surface area contributed by atoms with Gasteiger partial charge in [0.25, 0.3) is 0 Å². The van der Waals surface area contributed by atoms with E-state index in [1.54, 1.807) is 12.1 Å². The average molecular weight is 389 g/mol. The smallest absolute Gasteiger partial charge is 0.324 e. The fourth-order valence-corrected chi connectivity index (χ4v) is 4.27. The molecule has 1 N–H and O–H groups in total. The van der Waals surface area contributed by atoms with Gasteiger partial charge < -0.3 is 5.32 Å². The van der Waals surface area contributed by atoms with E-state index in [1.807, 2.05) is 25.3 Å². The highest BCUT2D eigenvalue weighted by Crippen LogP contribution is 2.31. The molecule has 2 fully saturated rings. The van der Waals surface area contributed by atoms with Crippen molar-refractivity contribution in [1.82, 2.24) is 9.80 Å². The Balaban J connectivity index is 1.71. The van der Waals surface area contributed by atoms with E-state index in [-0.39, 0.29) is 12.0 Å². The van der Waals surface area contributed by atoms with Crippen LogP contribution in [0.2, 0.25) is 0 Å². The molecule has 3 rings (SSSR count). The predicted octanol–water partition coefficient (Wildman–Crippen LogP) is 2.72. The zero-order chi connectivity index (χ0) is 19.6. The van der Waals surface area contributed by atoms with Crippen LogP contribution >= 0.6 is 11.8 Å². The number of imide groups is 2. The molecule has 2 atom stereocenters. The largest absolute Gasteiger partial charge is 0.334 e. The summed E-state index contributed by atoms with van der Waals surface area (Å²) >= 11 is 1.48. The number of urea groups is 1. The van der Waals surface area contributed by atoms with Crippen molar-refractivity contribution in [2.75, 3.05) is 18.1 Å². The molecule has 0 spiro atoms. The molecule has 144 valence electrons. The number of rotatable bonds is 5. The Labute approximate surface area is 162 Å². The molecule has 0 radical (unpaired) electrons. The Morgan fingerprint density at radius 3 is 2.56 bits per heavy atom. The Morgan fingerprint density at radius 1 is 1.15 bits per heavy atom. The number of anilines is 1. The van der Waals surface area contributed by atoms with Crippen LogP contribution in [0.15, 0.2) is 29.2 Å². The zero-order valence-corrected chi connectivity index (χ0v) is 16.3. The van der Waals surface area contributed by atoms with E-state index in [0.717, 1.165) is 34.0 Å². The van der Waals surface area contributed by atoms with Crippen LogP contribution in [0.3, 0.4) is 0 Å². The number of carbonyl (C=O) groups excluding carboxylic acids is 4. The normalized spacial score (nSPS) is 23.1. The van der Waals surface area contributed by atoms with Crippen molar-refractivity contribution in [1.29, 1.82) is 0 Å². The van der Waals surface area contributed by atoms with Crippen LogP contribution < -0.4 is 5.32 Å². The number of thioether (sulfide) groups is 1. The van der Waals surface area contributed by atoms with Gasteiger partial charge in [-0.3, -0.25) is 19.3 Å². The maximum absolute atomic E-state index is 12.7. The lowest BCUT2D eigenvalue weighted by Crippen LogP contribution is -2.46. The summed E-state index contributed by atoms with van der Waals surface area (Å²) in [4.78, 5) is 52.5. The van der Waals surface area contributed by atoms with Gasteiger partial charge in [0.1, 0.15) is 6.54 Å². The molecule has 1 saturated carbocycles. The summed E-state index contributed by atoms with van der Waals surface area (Å²) in [5, 5.41) is 2.71. The van der Waals surface area contributed by atoms with E-state index in [4.69, 9.17) is 0 Å². The van der Waals surface area contributed by atoms with Gasteiger partial charge in [-0.15, -0.1) is 11.8 Å². The minimum absolute atomic E-state index is 0.154. The summed E-state index contributed by atoms with van der Waals surface area (Å²) in [6.07, 6.45) is 5.49. The van der Waals surface area contributed by atoms with E-state index in [1.165, 1.54) is 11.8 Å². The number of benzene rings is 1. The molecule has 1 saturated heterocycles. The van der Waals surface area contributed by atoms with Crippen LogP contribution in [0.1, 0.15) is 32.6 Å². The van der Waals surface area contributed by atoms with Crippen molar-refractivity contribution in [2.24, 2.45) is 5.92 Å². The second-order valence-corrected chi connectivity index (χ2v) is 7.77. The van der Waals surface area contributed by atoms with Crippen molar-refractivity contribution < 1.29 is 19.2 Å². The number of para-hydroxylation sites is 1. The summed E-state index contributed by atoms with van der Waals surface area (Å²) in [7, 11) is 0. The van der Waals surface area contributed by atoms with Crippen molar-refractivity contribution >= 4 is 41.2 Å². The molecule has 5 amide bonds. The van der Waals surface area contributed by atoms with Crippen molar-refractivity contribution in [2.45, 2.75) is 43.5 Å². The second kappa shape index (κ2) is 8.12. The van der Waals surface area contributed by atoms with Gasteiger partial charge in [-0.2, -0.15) is 0 Å². The Bertz CT molecular complexity index is 782. The highest BCUT2D eigenvalue weighted by Gasteiger charge is 2.49. The molecular formula is C19H23N3O4S. The van der Waals surface area contributed by atoms with E-state index in [9.17, 15) is 19.2 Å². The third-order valence-corrected chi connectivity index (χ3v) is 5.96. The third kappa shape index (κ3) is 3.85. The molecule has 0 bridgehead atoms. The first-order chi connectivity index (χ1) is 12.9. The van der Waals surface area contributed by atoms with Gasteiger partial charge in [0.15, 0.2) is 0 Å². The van der Waals surface area contributed by atoms with Crippen LogP contribution in [0.4, 0.5) is 10.5 Å². The van der Waals surface area contributed by atoms with Gasteiger partial charge in [-0.05, 0) is 37.1 Å². The lowest BCUT2D eigenvalue weighted by Gasteiger charge is -2.34. The molecule has 0 aromatic heterocycles. The number of hydrogen-bond donors (Lipinski definition) is 1. The topological polar surface area (TPSA) is 86.8 Å². The second-order valence-electron chi connectivity index (χ2n) is 6.93. The molecule has 1 aromatic carbocycles. The standard InChI is InChI=1S/C19H23N3O4S/c1-12-7-3-5-9-14(12)22-18(25)17(24)21(19(22)26)11-16(23)20-13-8-4-6-10-15(13)27-2/h4,6,8,10,12,14H,3,5,7,9,11H2,1-2H3,(H,20,23)/t12-,14+/m0/s1. The molecule has 1 aromatic rings. The molecule has 1 heterocycles. The van der Waals surface area contributed by atoms with Gasteiger partial charge in [0.05, 0.1) is 5.69 Å². The first-order valence-corrected chi connectivity index (χ1v) is 10.3. The SMILES string of the molecule is CSc1ccccc1NC(=O)CN1C(=O)C(=O)N([C@@H]2CCCC[C@@H]2C)C1=O. The molecule has 1 aliphatic heterocycles. The molecule has 27 heavy (non-hydrogen) atoms. The summed E-state index contributed by atoms with van der Waals surface area (Å²) < 4.78 is 0. The number of nitrogens with zero attached hydrogens (tertiary/aromatic N) is 2. The molecule has 0 unspecified atom stereocenters. The van der Waals surface area contributed by atoms with E-state index in [0.29, 0.717) is 12.1 Å². The Kier molecular flexibility index (Phi) is 5.84. The van der Waals surface area contributed by atoms with Crippen molar-refractivity contribution in [3.05, 3.63) is 24.3 Å². The maximum atomic E-state index is 12.7. The van der Waals surface area contributed by atoms with Gasteiger partial charge >= 0.3 is 17.8 Å². The van der Waals surface area contributed by atoms with Crippen LogP contribution in [-0.2, 0) is 14.4 Å². The van der Waals surface area contributed by atoms with E-state index in [2.05, 4.69) is 5.32 Å². The van der Waals surface area contributed by atoms with Gasteiger partial charge in [0, 0.05) is 10.9 Å². The first-order valence-electron chi connectivity index (χ1n) is 9.06. The van der Waals surface area contributed by atoms with Crippen molar-refractivity contribution in [3.8, 4) is 0 Å². The molecule has 1 aliphatic carbocycles. The minimum atomic E-state index is -0.925. The number of carbonyl (C=O) groups is 4. The van der Waals surface area contributed by atoms with Crippen LogP contribution in [0.25, 0.3) is 0 Å². The summed E-state index contributed by atoms with van der Waals surface area (Å²) in [6.45, 7) is 1.52. The highest BCUT2D eigenvalue weighted by molar-refractivity contribution is 7.98. The first kappa shape index (κ1) is 19.4. The fraction of sp³-hybridized carbons (Fsp3) is 0.474. The fourth-order valence-electron chi connectivity index (χ4n) is 3.72. The maximum Gasteiger partial charge on any atom is 0.334 e. The summed E-state index contributed by atoms with van der Waals surface area (Å²) in [5.74, 6) is -2.10. The third-order valence-electron chi connectivity index (χ3n) is 5.16. The number of nitrogens with one attached hydrogen (secondary N) is 1. The lowest BCUT2D eigenvalue weighted by atomic mass is 9.85. The average Bonchev–Trinajstić information content (AvgIpc) is 2.86. The van der Waals surface area contributed by atoms with Gasteiger partial charge in [-0.1, -0.05) is 31.9 Å². The van der Waals surface area contributed by atoms with Crippen LogP contribution in [-0.4, -0.2) is 52.4 Å². The van der Waals surface area contributed by atoms with Crippen LogP contribution in [0.5, 0.6) is 0 Å². The minimum Gasteiger partial charge on any atom is -0.324 e. The molecule has 7 nitrogen and oxygen atoms in total. The predicted molar refractivity (Wildman–Crippen MR) is 102 cm³/mol. The zero-order valence-electron chi connectivity index (χ0n) is 15.4. The monoisotopic (exact) mass is 389 g/mol. The summed E-state index contributed by atoms with van der Waals surface area (Å²) in [5.41, 5.74) is 0.609. The Hall–Kier alpha value is -2.35. The number of hydrogen-bond acceptors (Lipinski definition) is 5. The molecular weight excluding hydrogens is 366 g/mol. The highest BCUT2D eigenvalue weighted by atomic mass is 32.2. The molecule has 2 aliphatic rings. The Morgan fingerprint density at radius 2 is 1.85 bits per heavy atom. The lowest BCUT2D eigenvalue weighted by molar-refractivity contribution is -0.145. The van der Waals surface area contributed by atoms with E-state index >= 15 is 0 Å². The van der Waals surface area contributed by atoms with Gasteiger partial charge in [0.2, 0.25) is 5.91 Å². The van der Waals surface area contributed by atoms with Gasteiger partial charge in [-0.25, -0.2) is 9.69 Å². The van der Waals surface area contributed by atoms with E-state index < -0.39 is 30.3 Å². The van der Waals surface area contributed by atoms with Crippen LogP contribution in [0, 0.1) is 5.92 Å². The molecule has 8 heteroatoms. The number of amides is 5. The van der Waals surface area contributed by atoms with Crippen molar-refractivity contribution in [3.63, 3.8) is 0 Å².